The smallest absolute Gasteiger partial charge is 0.151 e. The van der Waals surface area contributed by atoms with E-state index < -0.39 is 0 Å². The zero-order chi connectivity index (χ0) is 12.4. The molecule has 0 aliphatic heterocycles. The lowest BCUT2D eigenvalue weighted by atomic mass is 10.1. The predicted molar refractivity (Wildman–Crippen MR) is 74.0 cm³/mol. The molecule has 0 saturated heterocycles. The Kier molecular flexibility index (Phi) is 3.64. The highest BCUT2D eigenvalue weighted by molar-refractivity contribution is 7.14. The number of hydrogen-bond donors (Lipinski definition) is 1. The third-order valence-corrected chi connectivity index (χ3v) is 4.05. The highest BCUT2D eigenvalue weighted by atomic mass is 35.5. The van der Waals surface area contributed by atoms with E-state index in [1.54, 1.807) is 11.3 Å². The molecule has 0 aromatic carbocycles. The third kappa shape index (κ3) is 2.28. The average molecular weight is 268 g/mol. The number of rotatable bonds is 3. The normalized spacial score (nSPS) is 10.6. The van der Waals surface area contributed by atoms with Gasteiger partial charge in [0.25, 0.3) is 0 Å². The molecule has 0 amide bonds. The van der Waals surface area contributed by atoms with E-state index in [9.17, 15) is 0 Å². The van der Waals surface area contributed by atoms with Crippen LogP contribution in [-0.2, 0) is 0 Å². The summed E-state index contributed by atoms with van der Waals surface area (Å²) in [5.41, 5.74) is 3.13. The first kappa shape index (κ1) is 12.3. The van der Waals surface area contributed by atoms with E-state index in [0.717, 1.165) is 39.1 Å². The Balaban J connectivity index is 2.51. The van der Waals surface area contributed by atoms with Gasteiger partial charge in [-0.3, -0.25) is 0 Å². The average Bonchev–Trinajstić information content (AvgIpc) is 2.72. The van der Waals surface area contributed by atoms with Crippen molar-refractivity contribution in [3.63, 3.8) is 0 Å². The predicted octanol–water partition coefficient (Wildman–Crippen LogP) is 3.91. The summed E-state index contributed by atoms with van der Waals surface area (Å²) in [6, 6.07) is 1.89. The van der Waals surface area contributed by atoms with Gasteiger partial charge in [-0.25, -0.2) is 0 Å². The molecule has 0 aliphatic rings. The first-order chi connectivity index (χ1) is 8.15. The van der Waals surface area contributed by atoms with Gasteiger partial charge >= 0.3 is 0 Å². The number of aromatic nitrogens is 2. The Morgan fingerprint density at radius 3 is 2.65 bits per heavy atom. The molecule has 0 spiro atoms. The van der Waals surface area contributed by atoms with Crippen molar-refractivity contribution in [1.29, 1.82) is 0 Å². The summed E-state index contributed by atoms with van der Waals surface area (Å²) in [6.45, 7) is 6.98. The number of nitrogens with one attached hydrogen (secondary N) is 1. The summed E-state index contributed by atoms with van der Waals surface area (Å²) in [7, 11) is 0. The summed E-state index contributed by atoms with van der Waals surface area (Å²) >= 11 is 7.72. The lowest BCUT2D eigenvalue weighted by molar-refractivity contribution is 0.989. The quantitative estimate of drug-likeness (QED) is 0.916. The van der Waals surface area contributed by atoms with E-state index >= 15 is 0 Å². The zero-order valence-electron chi connectivity index (χ0n) is 10.0. The van der Waals surface area contributed by atoms with Crippen LogP contribution in [0.15, 0.2) is 11.4 Å². The van der Waals surface area contributed by atoms with Crippen molar-refractivity contribution in [2.75, 3.05) is 11.9 Å². The minimum atomic E-state index is 0.739. The van der Waals surface area contributed by atoms with Crippen LogP contribution in [0.25, 0.3) is 10.6 Å². The van der Waals surface area contributed by atoms with Crippen LogP contribution in [0.1, 0.15) is 18.1 Å². The first-order valence-electron chi connectivity index (χ1n) is 5.46. The lowest BCUT2D eigenvalue weighted by Gasteiger charge is -2.11. The van der Waals surface area contributed by atoms with E-state index in [1.165, 1.54) is 0 Å². The van der Waals surface area contributed by atoms with Crippen LogP contribution in [0.5, 0.6) is 0 Å². The molecule has 2 aromatic rings. The number of thiophene rings is 1. The van der Waals surface area contributed by atoms with Crippen LogP contribution in [0.2, 0.25) is 5.02 Å². The summed E-state index contributed by atoms with van der Waals surface area (Å²) < 4.78 is 0. The van der Waals surface area contributed by atoms with Crippen molar-refractivity contribution in [3.8, 4) is 10.6 Å². The Bertz CT molecular complexity index is 537. The van der Waals surface area contributed by atoms with Gasteiger partial charge in [-0.05, 0) is 43.3 Å². The van der Waals surface area contributed by atoms with Crippen molar-refractivity contribution >= 4 is 28.8 Å². The van der Waals surface area contributed by atoms with Gasteiger partial charge in [0.15, 0.2) is 5.82 Å². The van der Waals surface area contributed by atoms with E-state index in [2.05, 4.69) is 22.4 Å². The molecule has 0 unspecified atom stereocenters. The molecule has 0 bridgehead atoms. The van der Waals surface area contributed by atoms with Crippen LogP contribution in [0, 0.1) is 13.8 Å². The number of halogens is 1. The van der Waals surface area contributed by atoms with Crippen molar-refractivity contribution in [2.45, 2.75) is 20.8 Å². The van der Waals surface area contributed by atoms with Gasteiger partial charge < -0.3 is 5.32 Å². The van der Waals surface area contributed by atoms with E-state index in [4.69, 9.17) is 11.6 Å². The molecule has 0 aliphatic carbocycles. The summed E-state index contributed by atoms with van der Waals surface area (Å²) in [5, 5.41) is 14.4. The molecular formula is C12H14ClN3S. The SMILES string of the molecule is CCNc1nnc(-c2sccc2Cl)c(C)c1C. The maximum absolute atomic E-state index is 6.13. The second-order valence-electron chi connectivity index (χ2n) is 3.78. The first-order valence-corrected chi connectivity index (χ1v) is 6.72. The molecule has 90 valence electrons. The molecule has 0 radical (unpaired) electrons. The highest BCUT2D eigenvalue weighted by Gasteiger charge is 2.14. The molecule has 5 heteroatoms. The fourth-order valence-electron chi connectivity index (χ4n) is 1.62. The second kappa shape index (κ2) is 5.02. The third-order valence-electron chi connectivity index (χ3n) is 2.70. The van der Waals surface area contributed by atoms with Crippen molar-refractivity contribution in [1.82, 2.24) is 10.2 Å². The molecule has 2 heterocycles. The van der Waals surface area contributed by atoms with Crippen LogP contribution >= 0.6 is 22.9 Å². The van der Waals surface area contributed by atoms with Gasteiger partial charge in [-0.1, -0.05) is 11.6 Å². The largest absolute Gasteiger partial charge is 0.369 e. The maximum Gasteiger partial charge on any atom is 0.151 e. The van der Waals surface area contributed by atoms with Crippen molar-refractivity contribution < 1.29 is 0 Å². The molecule has 1 N–H and O–H groups in total. The van der Waals surface area contributed by atoms with Gasteiger partial charge in [0, 0.05) is 6.54 Å². The fraction of sp³-hybridized carbons (Fsp3) is 0.333. The molecule has 2 aromatic heterocycles. The zero-order valence-corrected chi connectivity index (χ0v) is 11.6. The van der Waals surface area contributed by atoms with Gasteiger partial charge in [0.2, 0.25) is 0 Å². The van der Waals surface area contributed by atoms with E-state index in [0.29, 0.717) is 0 Å². The second-order valence-corrected chi connectivity index (χ2v) is 5.10. The number of nitrogens with zero attached hydrogens (tertiary/aromatic N) is 2. The fourth-order valence-corrected chi connectivity index (χ4v) is 2.81. The molecule has 0 fully saturated rings. The Labute approximate surface area is 110 Å². The Morgan fingerprint density at radius 1 is 1.29 bits per heavy atom. The molecule has 2 rings (SSSR count). The monoisotopic (exact) mass is 267 g/mol. The molecule has 0 atom stereocenters. The van der Waals surface area contributed by atoms with Crippen LogP contribution in [0.3, 0.4) is 0 Å². The molecule has 0 saturated carbocycles. The Morgan fingerprint density at radius 2 is 2.06 bits per heavy atom. The molecular weight excluding hydrogens is 254 g/mol. The Hall–Kier alpha value is -1.13. The minimum absolute atomic E-state index is 0.739. The van der Waals surface area contributed by atoms with Gasteiger partial charge in [0.1, 0.15) is 5.69 Å². The standard InChI is InChI=1S/C12H14ClN3S/c1-4-14-12-8(3)7(2)10(15-16-12)11-9(13)5-6-17-11/h5-6H,4H2,1-3H3,(H,14,16). The van der Waals surface area contributed by atoms with Crippen LogP contribution < -0.4 is 5.32 Å². The summed E-state index contributed by atoms with van der Waals surface area (Å²) in [5.74, 6) is 0.849. The van der Waals surface area contributed by atoms with E-state index in [1.807, 2.05) is 25.3 Å². The van der Waals surface area contributed by atoms with Gasteiger partial charge in [-0.2, -0.15) is 0 Å². The lowest BCUT2D eigenvalue weighted by Crippen LogP contribution is -2.05. The van der Waals surface area contributed by atoms with Gasteiger partial charge in [0.05, 0.1) is 9.90 Å². The summed E-state index contributed by atoms with van der Waals surface area (Å²) in [4.78, 5) is 0.989. The van der Waals surface area contributed by atoms with Crippen LogP contribution in [0.4, 0.5) is 5.82 Å². The maximum atomic E-state index is 6.13. The number of anilines is 1. The molecule has 3 nitrogen and oxygen atoms in total. The van der Waals surface area contributed by atoms with Crippen LogP contribution in [-0.4, -0.2) is 16.7 Å². The highest BCUT2D eigenvalue weighted by Crippen LogP contribution is 2.35. The van der Waals surface area contributed by atoms with Gasteiger partial charge in [-0.15, -0.1) is 21.5 Å². The minimum Gasteiger partial charge on any atom is -0.369 e. The molecule has 17 heavy (non-hydrogen) atoms. The summed E-state index contributed by atoms with van der Waals surface area (Å²) in [6.07, 6.45) is 0. The number of hydrogen-bond acceptors (Lipinski definition) is 4. The van der Waals surface area contributed by atoms with E-state index in [-0.39, 0.29) is 0 Å². The van der Waals surface area contributed by atoms with Crippen molar-refractivity contribution in [2.24, 2.45) is 0 Å². The topological polar surface area (TPSA) is 37.8 Å². The van der Waals surface area contributed by atoms with Crippen molar-refractivity contribution in [3.05, 3.63) is 27.6 Å².